The molecule has 98 valence electrons. The number of aliphatic hydroxyl groups is 1. The van der Waals surface area contributed by atoms with Gasteiger partial charge in [-0.25, -0.2) is 0 Å². The Morgan fingerprint density at radius 1 is 1.16 bits per heavy atom. The number of rotatable bonds is 1. The minimum absolute atomic E-state index is 0.717. The Morgan fingerprint density at radius 3 is 2.74 bits per heavy atom. The first-order valence-corrected chi connectivity index (χ1v) is 7.06. The van der Waals surface area contributed by atoms with E-state index in [0.29, 0.717) is 5.02 Å². The Labute approximate surface area is 118 Å². The molecule has 0 aromatic heterocycles. The van der Waals surface area contributed by atoms with Gasteiger partial charge in [0, 0.05) is 5.02 Å². The van der Waals surface area contributed by atoms with Gasteiger partial charge in [0.05, 0.1) is 0 Å². The summed E-state index contributed by atoms with van der Waals surface area (Å²) >= 11 is 6.21. The number of halogens is 1. The van der Waals surface area contributed by atoms with Crippen LogP contribution in [0.3, 0.4) is 0 Å². The molecule has 0 spiro atoms. The van der Waals surface area contributed by atoms with Gasteiger partial charge in [-0.05, 0) is 54.5 Å². The van der Waals surface area contributed by atoms with E-state index in [1.807, 2.05) is 43.3 Å². The molecular formula is C17H17ClO. The summed E-state index contributed by atoms with van der Waals surface area (Å²) in [5.41, 5.74) is 3.31. The molecule has 1 N–H and O–H groups in total. The summed E-state index contributed by atoms with van der Waals surface area (Å²) in [4.78, 5) is 0. The molecule has 0 bridgehead atoms. The second kappa shape index (κ2) is 4.66. The van der Waals surface area contributed by atoms with Gasteiger partial charge < -0.3 is 5.11 Å². The van der Waals surface area contributed by atoms with E-state index in [-0.39, 0.29) is 0 Å². The number of aryl methyl sites for hydroxylation is 2. The maximum absolute atomic E-state index is 11.2. The van der Waals surface area contributed by atoms with E-state index >= 15 is 0 Å². The fourth-order valence-electron chi connectivity index (χ4n) is 2.96. The molecule has 3 rings (SSSR count). The Kier molecular flexibility index (Phi) is 3.12. The fraction of sp³-hybridized carbons (Fsp3) is 0.294. The molecule has 0 heterocycles. The lowest BCUT2D eigenvalue weighted by atomic mass is 9.75. The van der Waals surface area contributed by atoms with Crippen LogP contribution in [0.4, 0.5) is 0 Å². The van der Waals surface area contributed by atoms with Crippen molar-refractivity contribution >= 4 is 11.6 Å². The number of fused-ring (bicyclic) bond motifs is 1. The van der Waals surface area contributed by atoms with Crippen LogP contribution >= 0.6 is 11.6 Å². The Bertz CT molecular complexity index is 620. The van der Waals surface area contributed by atoms with Gasteiger partial charge in [-0.1, -0.05) is 48.0 Å². The largest absolute Gasteiger partial charge is 0.380 e. The molecule has 0 radical (unpaired) electrons. The average molecular weight is 273 g/mol. The molecule has 2 heteroatoms. The second-order valence-electron chi connectivity index (χ2n) is 5.33. The van der Waals surface area contributed by atoms with Crippen LogP contribution in [0.5, 0.6) is 0 Å². The van der Waals surface area contributed by atoms with Crippen molar-refractivity contribution in [1.29, 1.82) is 0 Å². The monoisotopic (exact) mass is 272 g/mol. The summed E-state index contributed by atoms with van der Waals surface area (Å²) in [5, 5.41) is 11.9. The number of benzene rings is 2. The van der Waals surface area contributed by atoms with E-state index < -0.39 is 5.60 Å². The molecule has 0 amide bonds. The summed E-state index contributed by atoms with van der Waals surface area (Å²) in [7, 11) is 0. The quantitative estimate of drug-likeness (QED) is 0.824. The van der Waals surface area contributed by atoms with Crippen LogP contribution in [-0.2, 0) is 12.0 Å². The molecule has 2 aromatic carbocycles. The highest BCUT2D eigenvalue weighted by molar-refractivity contribution is 6.31. The van der Waals surface area contributed by atoms with Crippen molar-refractivity contribution in [1.82, 2.24) is 0 Å². The van der Waals surface area contributed by atoms with Gasteiger partial charge in [-0.15, -0.1) is 0 Å². The molecule has 1 unspecified atom stereocenters. The Balaban J connectivity index is 2.16. The predicted octanol–water partition coefficient (Wildman–Crippen LogP) is 4.22. The van der Waals surface area contributed by atoms with E-state index in [4.69, 9.17) is 11.6 Å². The fourth-order valence-corrected chi connectivity index (χ4v) is 3.14. The summed E-state index contributed by atoms with van der Waals surface area (Å²) in [5.74, 6) is 0. The zero-order valence-corrected chi connectivity index (χ0v) is 11.7. The minimum Gasteiger partial charge on any atom is -0.380 e. The standard InChI is InChI=1S/C17H17ClO/c1-12-8-9-14(11-16(12)18)17(19)10-4-6-13-5-2-3-7-15(13)17/h2-3,5,7-9,11,19H,4,6,10H2,1H3. The van der Waals surface area contributed by atoms with Crippen molar-refractivity contribution in [3.05, 3.63) is 69.7 Å². The summed E-state index contributed by atoms with van der Waals surface area (Å²) in [6.45, 7) is 1.98. The van der Waals surface area contributed by atoms with Crippen LogP contribution in [0.1, 0.15) is 35.1 Å². The summed E-state index contributed by atoms with van der Waals surface area (Å²) in [6.07, 6.45) is 2.79. The molecular weight excluding hydrogens is 256 g/mol. The van der Waals surface area contributed by atoms with Crippen LogP contribution in [0.2, 0.25) is 5.02 Å². The highest BCUT2D eigenvalue weighted by Crippen LogP contribution is 2.41. The minimum atomic E-state index is -0.897. The Hall–Kier alpha value is -1.31. The van der Waals surface area contributed by atoms with Gasteiger partial charge in [-0.2, -0.15) is 0 Å². The van der Waals surface area contributed by atoms with Crippen molar-refractivity contribution in [2.24, 2.45) is 0 Å². The first-order chi connectivity index (χ1) is 9.11. The van der Waals surface area contributed by atoms with Crippen molar-refractivity contribution < 1.29 is 5.11 Å². The zero-order chi connectivity index (χ0) is 13.5. The van der Waals surface area contributed by atoms with Gasteiger partial charge in [0.15, 0.2) is 0 Å². The predicted molar refractivity (Wildman–Crippen MR) is 78.6 cm³/mol. The third-order valence-electron chi connectivity index (χ3n) is 4.10. The molecule has 1 atom stereocenters. The summed E-state index contributed by atoms with van der Waals surface area (Å²) < 4.78 is 0. The lowest BCUT2D eigenvalue weighted by Crippen LogP contribution is -2.31. The molecule has 1 nitrogen and oxygen atoms in total. The van der Waals surface area contributed by atoms with Gasteiger partial charge in [-0.3, -0.25) is 0 Å². The van der Waals surface area contributed by atoms with Gasteiger partial charge >= 0.3 is 0 Å². The molecule has 19 heavy (non-hydrogen) atoms. The normalized spacial score (nSPS) is 22.1. The van der Waals surface area contributed by atoms with Gasteiger partial charge in [0.2, 0.25) is 0 Å². The first-order valence-electron chi connectivity index (χ1n) is 6.69. The topological polar surface area (TPSA) is 20.2 Å². The van der Waals surface area contributed by atoms with E-state index in [1.165, 1.54) is 5.56 Å². The molecule has 1 aliphatic carbocycles. The average Bonchev–Trinajstić information content (AvgIpc) is 2.42. The van der Waals surface area contributed by atoms with Crippen LogP contribution in [0.25, 0.3) is 0 Å². The summed E-state index contributed by atoms with van der Waals surface area (Å²) in [6, 6.07) is 14.0. The van der Waals surface area contributed by atoms with Crippen LogP contribution < -0.4 is 0 Å². The lowest BCUT2D eigenvalue weighted by Gasteiger charge is -2.35. The van der Waals surface area contributed by atoms with Gasteiger partial charge in [0.25, 0.3) is 0 Å². The maximum Gasteiger partial charge on any atom is 0.115 e. The lowest BCUT2D eigenvalue weighted by molar-refractivity contribution is 0.0616. The van der Waals surface area contributed by atoms with Crippen molar-refractivity contribution in [2.45, 2.75) is 31.8 Å². The van der Waals surface area contributed by atoms with E-state index in [9.17, 15) is 5.11 Å². The van der Waals surface area contributed by atoms with Crippen molar-refractivity contribution in [3.8, 4) is 0 Å². The molecule has 1 aliphatic rings. The molecule has 0 fully saturated rings. The third kappa shape index (κ3) is 2.07. The van der Waals surface area contributed by atoms with E-state index in [1.54, 1.807) is 0 Å². The molecule has 0 saturated carbocycles. The SMILES string of the molecule is Cc1ccc(C2(O)CCCc3ccccc32)cc1Cl. The smallest absolute Gasteiger partial charge is 0.115 e. The second-order valence-corrected chi connectivity index (χ2v) is 5.74. The first kappa shape index (κ1) is 12.7. The number of hydrogen-bond donors (Lipinski definition) is 1. The highest BCUT2D eigenvalue weighted by atomic mass is 35.5. The van der Waals surface area contributed by atoms with E-state index in [0.717, 1.165) is 36.0 Å². The number of hydrogen-bond acceptors (Lipinski definition) is 1. The van der Waals surface area contributed by atoms with Crippen LogP contribution in [-0.4, -0.2) is 5.11 Å². The zero-order valence-electron chi connectivity index (χ0n) is 11.0. The molecule has 2 aromatic rings. The maximum atomic E-state index is 11.2. The van der Waals surface area contributed by atoms with Crippen LogP contribution in [0.15, 0.2) is 42.5 Å². The molecule has 0 saturated heterocycles. The van der Waals surface area contributed by atoms with Crippen molar-refractivity contribution in [2.75, 3.05) is 0 Å². The van der Waals surface area contributed by atoms with Crippen molar-refractivity contribution in [3.63, 3.8) is 0 Å². The third-order valence-corrected chi connectivity index (χ3v) is 4.50. The van der Waals surface area contributed by atoms with E-state index in [2.05, 4.69) is 6.07 Å². The van der Waals surface area contributed by atoms with Crippen LogP contribution in [0, 0.1) is 6.92 Å². The highest BCUT2D eigenvalue weighted by Gasteiger charge is 2.35. The van der Waals surface area contributed by atoms with Gasteiger partial charge in [0.1, 0.15) is 5.60 Å². The molecule has 0 aliphatic heterocycles. The Morgan fingerprint density at radius 2 is 1.95 bits per heavy atom.